The number of rotatable bonds is 9. The molecule has 0 aliphatic heterocycles. The van der Waals surface area contributed by atoms with Crippen molar-refractivity contribution in [3.63, 3.8) is 0 Å². The van der Waals surface area contributed by atoms with E-state index < -0.39 is 37.1 Å². The van der Waals surface area contributed by atoms with E-state index in [9.17, 15) is 19.3 Å². The van der Waals surface area contributed by atoms with Crippen LogP contribution in [0.25, 0.3) is 0 Å². The molecule has 0 amide bonds. The average Bonchev–Trinajstić information content (AvgIpc) is 2.53. The van der Waals surface area contributed by atoms with E-state index in [2.05, 4.69) is 0 Å². The molecule has 9 heteroatoms. The van der Waals surface area contributed by atoms with Gasteiger partial charge in [0.2, 0.25) is 0 Å². The van der Waals surface area contributed by atoms with Crippen molar-refractivity contribution in [2.75, 3.05) is 13.2 Å². The molecule has 1 rings (SSSR count). The minimum atomic E-state index is -3.46. The number of esters is 1. The second-order valence-corrected chi connectivity index (χ2v) is 8.83. The van der Waals surface area contributed by atoms with E-state index in [1.807, 2.05) is 0 Å². The van der Waals surface area contributed by atoms with Crippen molar-refractivity contribution >= 4 is 24.8 Å². The highest BCUT2D eigenvalue weighted by atomic mass is 31.2. The van der Waals surface area contributed by atoms with Crippen LogP contribution in [-0.2, 0) is 27.9 Å². The fourth-order valence-corrected chi connectivity index (χ4v) is 3.93. The zero-order chi connectivity index (χ0) is 20.8. The molecular formula is C18H28NO7P. The third kappa shape index (κ3) is 6.43. The number of benzene rings is 1. The van der Waals surface area contributed by atoms with Crippen LogP contribution in [0, 0.1) is 5.92 Å². The standard InChI is InChI=1S/C18H28NO7P/c1-6-24-27(23,25-7-2)13-10-8-12(9-11-13)15(19)14(16(20)21)17(22)26-18(3,4)5/h8-11,14-15H,6-7,19H2,1-5H3,(H,20,21). The molecule has 27 heavy (non-hydrogen) atoms. The molecular weight excluding hydrogens is 373 g/mol. The Morgan fingerprint density at radius 2 is 1.59 bits per heavy atom. The topological polar surface area (TPSA) is 125 Å². The Morgan fingerprint density at radius 3 is 1.96 bits per heavy atom. The Morgan fingerprint density at radius 1 is 1.11 bits per heavy atom. The van der Waals surface area contributed by atoms with Crippen LogP contribution in [0.2, 0.25) is 0 Å². The summed E-state index contributed by atoms with van der Waals surface area (Å²) in [5, 5.41) is 9.76. The van der Waals surface area contributed by atoms with Crippen LogP contribution in [0.4, 0.5) is 0 Å². The zero-order valence-electron chi connectivity index (χ0n) is 16.3. The summed E-state index contributed by atoms with van der Waals surface area (Å²) in [7, 11) is -3.46. The molecule has 152 valence electrons. The molecule has 1 aromatic rings. The second-order valence-electron chi connectivity index (χ2n) is 6.80. The van der Waals surface area contributed by atoms with Crippen molar-refractivity contribution in [2.24, 2.45) is 11.7 Å². The molecule has 0 fully saturated rings. The molecule has 0 spiro atoms. The SMILES string of the molecule is CCOP(=O)(OCC)c1ccc(C(N)C(C(=O)O)C(=O)OC(C)(C)C)cc1. The maximum atomic E-state index is 12.8. The highest BCUT2D eigenvalue weighted by Gasteiger charge is 2.37. The molecule has 1 aromatic carbocycles. The summed E-state index contributed by atoms with van der Waals surface area (Å²) in [6.45, 7) is 8.74. The van der Waals surface area contributed by atoms with E-state index >= 15 is 0 Å². The highest BCUT2D eigenvalue weighted by Crippen LogP contribution is 2.46. The number of carbonyl (C=O) groups excluding carboxylic acids is 1. The van der Waals surface area contributed by atoms with Crippen molar-refractivity contribution in [2.45, 2.75) is 46.3 Å². The summed E-state index contributed by atoms with van der Waals surface area (Å²) in [5.41, 5.74) is 5.57. The van der Waals surface area contributed by atoms with Gasteiger partial charge in [-0.25, -0.2) is 0 Å². The highest BCUT2D eigenvalue weighted by molar-refractivity contribution is 7.62. The Bertz CT molecular complexity index is 687. The van der Waals surface area contributed by atoms with Gasteiger partial charge in [-0.3, -0.25) is 14.2 Å². The molecule has 2 atom stereocenters. The first-order chi connectivity index (χ1) is 12.4. The molecule has 0 aliphatic carbocycles. The fraction of sp³-hybridized carbons (Fsp3) is 0.556. The van der Waals surface area contributed by atoms with Gasteiger partial charge in [0.15, 0.2) is 5.92 Å². The molecule has 0 aromatic heterocycles. The van der Waals surface area contributed by atoms with Crippen LogP contribution in [0.5, 0.6) is 0 Å². The largest absolute Gasteiger partial charge is 0.481 e. The van der Waals surface area contributed by atoms with Gasteiger partial charge in [0, 0.05) is 0 Å². The van der Waals surface area contributed by atoms with Crippen LogP contribution in [0.3, 0.4) is 0 Å². The minimum absolute atomic E-state index is 0.207. The number of carboxylic acids is 1. The molecule has 2 unspecified atom stereocenters. The number of carboxylic acid groups (broad SMARTS) is 1. The lowest BCUT2D eigenvalue weighted by molar-refractivity contribution is -0.167. The van der Waals surface area contributed by atoms with E-state index in [1.165, 1.54) is 24.3 Å². The van der Waals surface area contributed by atoms with Crippen LogP contribution in [0.15, 0.2) is 24.3 Å². The monoisotopic (exact) mass is 401 g/mol. The molecule has 3 N–H and O–H groups in total. The van der Waals surface area contributed by atoms with Gasteiger partial charge in [0.1, 0.15) is 5.60 Å². The first-order valence-corrected chi connectivity index (χ1v) is 10.2. The number of ether oxygens (including phenoxy) is 1. The Kier molecular flexibility index (Phi) is 8.17. The number of hydrogen-bond donors (Lipinski definition) is 2. The van der Waals surface area contributed by atoms with E-state index in [-0.39, 0.29) is 13.2 Å². The van der Waals surface area contributed by atoms with Gasteiger partial charge in [-0.15, -0.1) is 0 Å². The molecule has 8 nitrogen and oxygen atoms in total. The van der Waals surface area contributed by atoms with Gasteiger partial charge in [-0.2, -0.15) is 0 Å². The molecule has 0 saturated heterocycles. The van der Waals surface area contributed by atoms with Gasteiger partial charge in [0.25, 0.3) is 0 Å². The normalized spacial score (nSPS) is 14.4. The summed E-state index contributed by atoms with van der Waals surface area (Å²) in [5.74, 6) is -3.86. The van der Waals surface area contributed by atoms with Crippen LogP contribution < -0.4 is 11.0 Å². The molecule has 0 aliphatic rings. The van der Waals surface area contributed by atoms with Gasteiger partial charge >= 0.3 is 19.5 Å². The molecule has 0 radical (unpaired) electrons. The maximum absolute atomic E-state index is 12.8. The number of nitrogens with two attached hydrogens (primary N) is 1. The first kappa shape index (κ1) is 23.3. The minimum Gasteiger partial charge on any atom is -0.481 e. The third-order valence-corrected chi connectivity index (χ3v) is 5.61. The van der Waals surface area contributed by atoms with Crippen LogP contribution in [0.1, 0.15) is 46.2 Å². The summed E-state index contributed by atoms with van der Waals surface area (Å²) >= 11 is 0. The molecule has 0 saturated carbocycles. The van der Waals surface area contributed by atoms with Crippen molar-refractivity contribution in [1.82, 2.24) is 0 Å². The lowest BCUT2D eigenvalue weighted by atomic mass is 9.93. The second kappa shape index (κ2) is 9.46. The predicted octanol–water partition coefficient (Wildman–Crippen LogP) is 2.62. The van der Waals surface area contributed by atoms with Crippen molar-refractivity contribution in [3.05, 3.63) is 29.8 Å². The third-order valence-electron chi connectivity index (χ3n) is 3.48. The average molecular weight is 401 g/mol. The van der Waals surface area contributed by atoms with Crippen molar-refractivity contribution in [1.29, 1.82) is 0 Å². The van der Waals surface area contributed by atoms with Gasteiger partial charge in [-0.1, -0.05) is 12.1 Å². The van der Waals surface area contributed by atoms with Crippen LogP contribution >= 0.6 is 7.60 Å². The lowest BCUT2D eigenvalue weighted by Crippen LogP contribution is -2.39. The lowest BCUT2D eigenvalue weighted by Gasteiger charge is -2.25. The summed E-state index contributed by atoms with van der Waals surface area (Å²) in [4.78, 5) is 23.8. The van der Waals surface area contributed by atoms with Gasteiger partial charge in [-0.05, 0) is 52.3 Å². The Labute approximate surface area is 159 Å². The van der Waals surface area contributed by atoms with Gasteiger partial charge < -0.3 is 24.6 Å². The van der Waals surface area contributed by atoms with E-state index in [0.717, 1.165) is 0 Å². The Balaban J connectivity index is 3.12. The number of carbonyl (C=O) groups is 2. The van der Waals surface area contributed by atoms with E-state index in [1.54, 1.807) is 34.6 Å². The zero-order valence-corrected chi connectivity index (χ0v) is 17.2. The summed E-state index contributed by atoms with van der Waals surface area (Å²) < 4.78 is 28.5. The van der Waals surface area contributed by atoms with E-state index in [4.69, 9.17) is 19.5 Å². The van der Waals surface area contributed by atoms with Crippen LogP contribution in [-0.4, -0.2) is 35.9 Å². The summed E-state index contributed by atoms with van der Waals surface area (Å²) in [6.07, 6.45) is 0. The van der Waals surface area contributed by atoms with Crippen molar-refractivity contribution < 1.29 is 33.0 Å². The molecule has 0 heterocycles. The molecule has 0 bridgehead atoms. The van der Waals surface area contributed by atoms with E-state index in [0.29, 0.717) is 10.9 Å². The van der Waals surface area contributed by atoms with Crippen molar-refractivity contribution in [3.8, 4) is 0 Å². The Hall–Kier alpha value is -1.73. The fourth-order valence-electron chi connectivity index (χ4n) is 2.36. The smallest absolute Gasteiger partial charge is 0.361 e. The predicted molar refractivity (Wildman–Crippen MR) is 101 cm³/mol. The first-order valence-electron chi connectivity index (χ1n) is 8.66. The van der Waals surface area contributed by atoms with Gasteiger partial charge in [0.05, 0.1) is 24.6 Å². The number of aliphatic carboxylic acids is 1. The maximum Gasteiger partial charge on any atom is 0.361 e. The summed E-state index contributed by atoms with van der Waals surface area (Å²) in [6, 6.07) is 4.87. The number of hydrogen-bond acceptors (Lipinski definition) is 7. The quantitative estimate of drug-likeness (QED) is 0.367.